The fourth-order valence-corrected chi connectivity index (χ4v) is 2.96. The Morgan fingerprint density at radius 2 is 1.55 bits per heavy atom. The molecule has 0 saturated heterocycles. The SMILES string of the molecule is COc1ccc(C=NNc2nc3ccccc3nc2-c2ccccc2)c(OC)c1. The lowest BCUT2D eigenvalue weighted by Gasteiger charge is -2.10. The highest BCUT2D eigenvalue weighted by molar-refractivity contribution is 5.86. The number of benzene rings is 3. The molecule has 1 heterocycles. The number of hydrogen-bond acceptors (Lipinski definition) is 6. The monoisotopic (exact) mass is 384 g/mol. The highest BCUT2D eigenvalue weighted by atomic mass is 16.5. The first kappa shape index (κ1) is 18.4. The molecule has 6 heteroatoms. The Balaban J connectivity index is 1.69. The van der Waals surface area contributed by atoms with Crippen LogP contribution in [0, 0.1) is 0 Å². The summed E-state index contributed by atoms with van der Waals surface area (Å²) in [7, 11) is 3.23. The first-order valence-corrected chi connectivity index (χ1v) is 9.12. The van der Waals surface area contributed by atoms with Crippen LogP contribution in [0.15, 0.2) is 77.9 Å². The molecular weight excluding hydrogens is 364 g/mol. The Kier molecular flexibility index (Phi) is 5.33. The van der Waals surface area contributed by atoms with Gasteiger partial charge in [-0.2, -0.15) is 5.10 Å². The number of ether oxygens (including phenoxy) is 2. The molecule has 0 bridgehead atoms. The Labute approximate surface area is 168 Å². The number of nitrogens with one attached hydrogen (secondary N) is 1. The Morgan fingerprint density at radius 3 is 2.28 bits per heavy atom. The third-order valence-electron chi connectivity index (χ3n) is 4.43. The number of nitrogens with zero attached hydrogens (tertiary/aromatic N) is 3. The minimum Gasteiger partial charge on any atom is -0.497 e. The molecule has 1 N–H and O–H groups in total. The van der Waals surface area contributed by atoms with Crippen molar-refractivity contribution in [2.75, 3.05) is 19.6 Å². The second-order valence-electron chi connectivity index (χ2n) is 6.25. The standard InChI is InChI=1S/C23H20N4O2/c1-28-18-13-12-17(21(14-18)29-2)15-24-27-23-22(16-8-4-3-5-9-16)25-19-10-6-7-11-20(19)26-23/h3-15H,1-2H3,(H,26,27). The molecule has 0 radical (unpaired) electrons. The summed E-state index contributed by atoms with van der Waals surface area (Å²) in [6.45, 7) is 0. The van der Waals surface area contributed by atoms with Crippen LogP contribution in [0.2, 0.25) is 0 Å². The van der Waals surface area contributed by atoms with Crippen molar-refractivity contribution in [1.29, 1.82) is 0 Å². The van der Waals surface area contributed by atoms with Gasteiger partial charge in [-0.15, -0.1) is 0 Å². The number of anilines is 1. The first-order chi connectivity index (χ1) is 14.3. The van der Waals surface area contributed by atoms with Crippen LogP contribution >= 0.6 is 0 Å². The Hall–Kier alpha value is -3.93. The minimum atomic E-state index is 0.582. The minimum absolute atomic E-state index is 0.582. The van der Waals surface area contributed by atoms with Gasteiger partial charge in [0.15, 0.2) is 5.82 Å². The van der Waals surface area contributed by atoms with Gasteiger partial charge < -0.3 is 9.47 Å². The highest BCUT2D eigenvalue weighted by Gasteiger charge is 2.10. The van der Waals surface area contributed by atoms with Gasteiger partial charge in [-0.05, 0) is 24.3 Å². The van der Waals surface area contributed by atoms with Gasteiger partial charge >= 0.3 is 0 Å². The lowest BCUT2D eigenvalue weighted by Crippen LogP contribution is -2.00. The van der Waals surface area contributed by atoms with Gasteiger partial charge in [0.25, 0.3) is 0 Å². The topological polar surface area (TPSA) is 68.6 Å². The molecule has 0 spiro atoms. The fourth-order valence-electron chi connectivity index (χ4n) is 2.96. The largest absolute Gasteiger partial charge is 0.497 e. The van der Waals surface area contributed by atoms with E-state index in [0.717, 1.165) is 33.6 Å². The molecule has 0 unspecified atom stereocenters. The highest BCUT2D eigenvalue weighted by Crippen LogP contribution is 2.27. The summed E-state index contributed by atoms with van der Waals surface area (Å²) in [5, 5.41) is 4.37. The lowest BCUT2D eigenvalue weighted by atomic mass is 10.1. The van der Waals surface area contributed by atoms with Gasteiger partial charge in [-0.3, -0.25) is 5.43 Å². The average Bonchev–Trinajstić information content (AvgIpc) is 2.79. The molecule has 0 amide bonds. The third-order valence-corrected chi connectivity index (χ3v) is 4.43. The second-order valence-corrected chi connectivity index (χ2v) is 6.25. The molecule has 0 fully saturated rings. The molecular formula is C23H20N4O2. The maximum atomic E-state index is 5.41. The van der Waals surface area contributed by atoms with Crippen molar-refractivity contribution in [2.45, 2.75) is 0 Å². The van der Waals surface area contributed by atoms with E-state index in [2.05, 4.69) is 10.5 Å². The molecule has 0 aliphatic carbocycles. The molecule has 1 aromatic heterocycles. The number of fused-ring (bicyclic) bond motifs is 1. The molecule has 0 saturated carbocycles. The average molecular weight is 384 g/mol. The van der Waals surface area contributed by atoms with Gasteiger partial charge in [0, 0.05) is 17.2 Å². The molecule has 0 aliphatic rings. The van der Waals surface area contributed by atoms with Crippen LogP contribution in [0.3, 0.4) is 0 Å². The van der Waals surface area contributed by atoms with Crippen LogP contribution in [0.4, 0.5) is 5.82 Å². The number of para-hydroxylation sites is 2. The van der Waals surface area contributed by atoms with E-state index in [1.54, 1.807) is 20.4 Å². The predicted molar refractivity (Wildman–Crippen MR) is 116 cm³/mol. The zero-order valence-electron chi connectivity index (χ0n) is 16.2. The molecule has 29 heavy (non-hydrogen) atoms. The molecule has 6 nitrogen and oxygen atoms in total. The van der Waals surface area contributed by atoms with Crippen molar-refractivity contribution >= 4 is 23.1 Å². The van der Waals surface area contributed by atoms with E-state index >= 15 is 0 Å². The van der Waals surface area contributed by atoms with E-state index in [9.17, 15) is 0 Å². The number of hydrogen-bond donors (Lipinski definition) is 1. The summed E-state index contributed by atoms with van der Waals surface area (Å²) in [6, 6.07) is 23.2. The van der Waals surface area contributed by atoms with Crippen molar-refractivity contribution in [3.8, 4) is 22.8 Å². The fraction of sp³-hybridized carbons (Fsp3) is 0.0870. The smallest absolute Gasteiger partial charge is 0.173 e. The van der Waals surface area contributed by atoms with E-state index in [4.69, 9.17) is 19.4 Å². The zero-order valence-corrected chi connectivity index (χ0v) is 16.2. The van der Waals surface area contributed by atoms with Crippen LogP contribution in [0.1, 0.15) is 5.56 Å². The van der Waals surface area contributed by atoms with Crippen LogP contribution in [0.5, 0.6) is 11.5 Å². The lowest BCUT2D eigenvalue weighted by molar-refractivity contribution is 0.394. The maximum absolute atomic E-state index is 5.41. The van der Waals surface area contributed by atoms with Crippen molar-refractivity contribution < 1.29 is 9.47 Å². The zero-order chi connectivity index (χ0) is 20.1. The molecule has 144 valence electrons. The van der Waals surface area contributed by atoms with Gasteiger partial charge in [0.2, 0.25) is 0 Å². The molecule has 3 aromatic carbocycles. The molecule has 0 aliphatic heterocycles. The number of hydrazone groups is 1. The summed E-state index contributed by atoms with van der Waals surface area (Å²) in [4.78, 5) is 9.50. The van der Waals surface area contributed by atoms with Crippen LogP contribution in [0.25, 0.3) is 22.3 Å². The summed E-state index contributed by atoms with van der Waals surface area (Å²) in [6.07, 6.45) is 1.68. The molecule has 0 atom stereocenters. The van der Waals surface area contributed by atoms with Gasteiger partial charge in [0.05, 0.1) is 31.5 Å². The van der Waals surface area contributed by atoms with E-state index in [-0.39, 0.29) is 0 Å². The van der Waals surface area contributed by atoms with E-state index in [1.807, 2.05) is 72.8 Å². The summed E-state index contributed by atoms with van der Waals surface area (Å²) >= 11 is 0. The van der Waals surface area contributed by atoms with Crippen molar-refractivity contribution in [3.05, 3.63) is 78.4 Å². The number of aromatic nitrogens is 2. The number of methoxy groups -OCH3 is 2. The number of rotatable bonds is 6. The van der Waals surface area contributed by atoms with Crippen molar-refractivity contribution in [1.82, 2.24) is 9.97 Å². The van der Waals surface area contributed by atoms with Crippen molar-refractivity contribution in [3.63, 3.8) is 0 Å². The molecule has 4 rings (SSSR count). The van der Waals surface area contributed by atoms with Crippen LogP contribution in [-0.4, -0.2) is 30.4 Å². The van der Waals surface area contributed by atoms with E-state index in [0.29, 0.717) is 11.6 Å². The van der Waals surface area contributed by atoms with Crippen LogP contribution < -0.4 is 14.9 Å². The van der Waals surface area contributed by atoms with Gasteiger partial charge in [-0.1, -0.05) is 42.5 Å². The normalized spacial score (nSPS) is 11.0. The van der Waals surface area contributed by atoms with E-state index < -0.39 is 0 Å². The van der Waals surface area contributed by atoms with Gasteiger partial charge in [-0.25, -0.2) is 9.97 Å². The van der Waals surface area contributed by atoms with Crippen molar-refractivity contribution in [2.24, 2.45) is 5.10 Å². The quantitative estimate of drug-likeness (QED) is 0.383. The Bertz CT molecular complexity index is 1160. The second kappa shape index (κ2) is 8.39. The summed E-state index contributed by atoms with van der Waals surface area (Å²) in [5.41, 5.74) is 7.19. The third kappa shape index (κ3) is 4.01. The predicted octanol–water partition coefficient (Wildman–Crippen LogP) is 4.76. The summed E-state index contributed by atoms with van der Waals surface area (Å²) in [5.74, 6) is 1.97. The van der Waals surface area contributed by atoms with E-state index in [1.165, 1.54) is 0 Å². The van der Waals surface area contributed by atoms with Crippen LogP contribution in [-0.2, 0) is 0 Å². The maximum Gasteiger partial charge on any atom is 0.173 e. The Morgan fingerprint density at radius 1 is 0.828 bits per heavy atom. The summed E-state index contributed by atoms with van der Waals surface area (Å²) < 4.78 is 10.6. The van der Waals surface area contributed by atoms with Gasteiger partial charge in [0.1, 0.15) is 17.2 Å². The molecule has 4 aromatic rings. The first-order valence-electron chi connectivity index (χ1n) is 9.12.